The van der Waals surface area contributed by atoms with Crippen LogP contribution in [-0.2, 0) is 11.0 Å². The summed E-state index contributed by atoms with van der Waals surface area (Å²) in [6.07, 6.45) is 0. The van der Waals surface area contributed by atoms with Gasteiger partial charge >= 0.3 is 0 Å². The highest BCUT2D eigenvalue weighted by atomic mass is 32.1. The number of nitriles is 1. The predicted octanol–water partition coefficient (Wildman–Crippen LogP) is 6.44. The summed E-state index contributed by atoms with van der Waals surface area (Å²) in [5, 5.41) is 11.4. The van der Waals surface area contributed by atoms with E-state index in [1.165, 1.54) is 16.9 Å². The quantitative estimate of drug-likeness (QED) is 0.557. The maximum atomic E-state index is 9.16. The van der Waals surface area contributed by atoms with Crippen molar-refractivity contribution in [3.63, 3.8) is 0 Å². The smallest absolute Gasteiger partial charge is 0.193 e. The average molecular weight is 358 g/mol. The van der Waals surface area contributed by atoms with Crippen LogP contribution in [0.15, 0.2) is 35.7 Å². The first-order chi connectivity index (χ1) is 11.2. The third-order valence-electron chi connectivity index (χ3n) is 5.63. The number of thiophene rings is 1. The van der Waals surface area contributed by atoms with Gasteiger partial charge in [-0.3, -0.25) is 0 Å². The van der Waals surface area contributed by atoms with Crippen molar-refractivity contribution in [3.05, 3.63) is 46.2 Å². The van der Waals surface area contributed by atoms with Crippen molar-refractivity contribution in [2.75, 3.05) is 0 Å². The molecule has 0 saturated heterocycles. The van der Waals surface area contributed by atoms with Gasteiger partial charge < -0.3 is 4.43 Å². The van der Waals surface area contributed by atoms with E-state index in [0.717, 1.165) is 16.0 Å². The number of rotatable bonds is 6. The van der Waals surface area contributed by atoms with Gasteiger partial charge in [0.15, 0.2) is 8.32 Å². The SMILES string of the molecule is CC(C)C(C)(C)[Si](C)(C)OCc1ccc(-c2ccsc2C#N)cc1. The van der Waals surface area contributed by atoms with E-state index < -0.39 is 8.32 Å². The summed E-state index contributed by atoms with van der Waals surface area (Å²) >= 11 is 1.49. The van der Waals surface area contributed by atoms with E-state index in [9.17, 15) is 0 Å². The molecule has 0 radical (unpaired) electrons. The van der Waals surface area contributed by atoms with E-state index in [1.54, 1.807) is 0 Å². The number of hydrogen-bond acceptors (Lipinski definition) is 3. The van der Waals surface area contributed by atoms with Crippen LogP contribution in [-0.4, -0.2) is 8.32 Å². The Hall–Kier alpha value is -1.41. The Morgan fingerprint density at radius 3 is 2.33 bits per heavy atom. The molecule has 0 aliphatic heterocycles. The normalized spacial score (nSPS) is 12.4. The van der Waals surface area contributed by atoms with E-state index in [0.29, 0.717) is 12.5 Å². The van der Waals surface area contributed by atoms with E-state index in [4.69, 9.17) is 9.69 Å². The van der Waals surface area contributed by atoms with E-state index in [-0.39, 0.29) is 5.04 Å². The highest BCUT2D eigenvalue weighted by Crippen LogP contribution is 2.44. The van der Waals surface area contributed by atoms with E-state index >= 15 is 0 Å². The fraction of sp³-hybridized carbons (Fsp3) is 0.450. The highest BCUT2D eigenvalue weighted by Gasteiger charge is 2.43. The van der Waals surface area contributed by atoms with Gasteiger partial charge in [-0.2, -0.15) is 5.26 Å². The lowest BCUT2D eigenvalue weighted by Crippen LogP contribution is -2.45. The van der Waals surface area contributed by atoms with Crippen molar-refractivity contribution in [1.29, 1.82) is 5.26 Å². The lowest BCUT2D eigenvalue weighted by Gasteiger charge is -2.42. The minimum atomic E-state index is -1.80. The Labute approximate surface area is 151 Å². The zero-order valence-corrected chi connectivity index (χ0v) is 17.3. The average Bonchev–Trinajstić information content (AvgIpc) is 3.01. The first-order valence-corrected chi connectivity index (χ1v) is 12.2. The molecule has 24 heavy (non-hydrogen) atoms. The largest absolute Gasteiger partial charge is 0.413 e. The highest BCUT2D eigenvalue weighted by molar-refractivity contribution is 7.11. The molecule has 0 atom stereocenters. The molecule has 4 heteroatoms. The second-order valence-corrected chi connectivity index (χ2v) is 13.2. The molecule has 1 aromatic carbocycles. The molecule has 0 aliphatic rings. The maximum Gasteiger partial charge on any atom is 0.193 e. The number of nitrogens with zero attached hydrogens (tertiary/aromatic N) is 1. The Morgan fingerprint density at radius 1 is 1.17 bits per heavy atom. The second kappa shape index (κ2) is 7.22. The minimum Gasteiger partial charge on any atom is -0.413 e. The van der Waals surface area contributed by atoms with Crippen LogP contribution in [0.3, 0.4) is 0 Å². The minimum absolute atomic E-state index is 0.227. The molecule has 0 saturated carbocycles. The van der Waals surface area contributed by atoms with Crippen LogP contribution in [0.5, 0.6) is 0 Å². The monoisotopic (exact) mass is 357 g/mol. The Morgan fingerprint density at radius 2 is 1.79 bits per heavy atom. The summed E-state index contributed by atoms with van der Waals surface area (Å²) in [5.41, 5.74) is 3.30. The first-order valence-electron chi connectivity index (χ1n) is 8.40. The summed E-state index contributed by atoms with van der Waals surface area (Å²) < 4.78 is 6.41. The predicted molar refractivity (Wildman–Crippen MR) is 106 cm³/mol. The van der Waals surface area contributed by atoms with Gasteiger partial charge in [-0.15, -0.1) is 11.3 Å². The van der Waals surface area contributed by atoms with Crippen molar-refractivity contribution in [1.82, 2.24) is 0 Å². The molecule has 0 amide bonds. The summed E-state index contributed by atoms with van der Waals surface area (Å²) in [5.74, 6) is 0.601. The molecule has 1 heterocycles. The topological polar surface area (TPSA) is 33.0 Å². The Kier molecular flexibility index (Phi) is 5.69. The lowest BCUT2D eigenvalue weighted by atomic mass is 9.99. The molecule has 0 spiro atoms. The maximum absolute atomic E-state index is 9.16. The third-order valence-corrected chi connectivity index (χ3v) is 11.0. The molecule has 2 aromatic rings. The molecule has 0 fully saturated rings. The standard InChI is InChI=1S/C20H27NOSSi/c1-15(2)20(3,4)24(5,6)22-14-16-7-9-17(10-8-16)18-11-12-23-19(18)13-21/h7-12,15H,14H2,1-6H3. The van der Waals surface area contributed by atoms with Gasteiger partial charge in [0.25, 0.3) is 0 Å². The zero-order chi connectivity index (χ0) is 18.0. The zero-order valence-electron chi connectivity index (χ0n) is 15.5. The van der Waals surface area contributed by atoms with E-state index in [2.05, 4.69) is 71.1 Å². The van der Waals surface area contributed by atoms with Crippen molar-refractivity contribution in [3.8, 4) is 17.2 Å². The van der Waals surface area contributed by atoms with Crippen molar-refractivity contribution >= 4 is 19.7 Å². The van der Waals surface area contributed by atoms with Crippen molar-refractivity contribution in [2.24, 2.45) is 5.92 Å². The van der Waals surface area contributed by atoms with Crippen LogP contribution >= 0.6 is 11.3 Å². The molecule has 0 bridgehead atoms. The molecule has 0 aliphatic carbocycles. The van der Waals surface area contributed by atoms with Gasteiger partial charge in [-0.25, -0.2) is 0 Å². The fourth-order valence-corrected chi connectivity index (χ4v) is 5.54. The van der Waals surface area contributed by atoms with Gasteiger partial charge in [0.1, 0.15) is 10.9 Å². The van der Waals surface area contributed by atoms with Crippen LogP contribution in [0.1, 0.15) is 38.1 Å². The molecule has 0 N–H and O–H groups in total. The van der Waals surface area contributed by atoms with Crippen molar-refractivity contribution < 1.29 is 4.43 Å². The summed E-state index contributed by atoms with van der Waals surface area (Å²) in [7, 11) is -1.80. The van der Waals surface area contributed by atoms with Gasteiger partial charge in [-0.1, -0.05) is 52.0 Å². The molecule has 0 unspecified atom stereocenters. The van der Waals surface area contributed by atoms with Crippen LogP contribution in [0, 0.1) is 17.2 Å². The molecular formula is C20H27NOSSi. The Balaban J connectivity index is 2.09. The van der Waals surface area contributed by atoms with Crippen LogP contribution in [0.25, 0.3) is 11.1 Å². The third kappa shape index (κ3) is 3.80. The van der Waals surface area contributed by atoms with Gasteiger partial charge in [-0.05, 0) is 46.6 Å². The summed E-state index contributed by atoms with van der Waals surface area (Å²) in [6.45, 7) is 14.5. The van der Waals surface area contributed by atoms with Gasteiger partial charge in [0, 0.05) is 5.56 Å². The van der Waals surface area contributed by atoms with Crippen LogP contribution in [0.2, 0.25) is 18.1 Å². The lowest BCUT2D eigenvalue weighted by molar-refractivity contribution is 0.256. The van der Waals surface area contributed by atoms with Crippen LogP contribution in [0.4, 0.5) is 0 Å². The van der Waals surface area contributed by atoms with Crippen LogP contribution < -0.4 is 0 Å². The fourth-order valence-electron chi connectivity index (χ4n) is 2.55. The van der Waals surface area contributed by atoms with Gasteiger partial charge in [0.2, 0.25) is 0 Å². The molecule has 2 nitrogen and oxygen atoms in total. The molecule has 1 aromatic heterocycles. The first kappa shape index (κ1) is 18.9. The Bertz CT molecular complexity index is 723. The summed E-state index contributed by atoms with van der Waals surface area (Å²) in [6, 6.07) is 12.7. The molecule has 128 valence electrons. The molecular weight excluding hydrogens is 330 g/mol. The number of hydrogen-bond donors (Lipinski definition) is 0. The summed E-state index contributed by atoms with van der Waals surface area (Å²) in [4.78, 5) is 0.770. The van der Waals surface area contributed by atoms with Crippen molar-refractivity contribution in [2.45, 2.75) is 52.4 Å². The second-order valence-electron chi connectivity index (χ2n) is 7.65. The van der Waals surface area contributed by atoms with E-state index in [1.807, 2.05) is 11.4 Å². The van der Waals surface area contributed by atoms with Gasteiger partial charge in [0.05, 0.1) is 6.61 Å². The molecule has 2 rings (SSSR count). The number of benzene rings is 1.